The van der Waals surface area contributed by atoms with E-state index in [0.717, 1.165) is 5.56 Å². The van der Waals surface area contributed by atoms with Crippen LogP contribution in [0.3, 0.4) is 0 Å². The molecule has 0 radical (unpaired) electrons. The molecule has 4 rings (SSSR count). The second-order valence-corrected chi connectivity index (χ2v) is 7.46. The minimum absolute atomic E-state index is 0.165. The van der Waals surface area contributed by atoms with Crippen LogP contribution in [0.15, 0.2) is 53.3 Å². The molecule has 4 aromatic rings. The number of fused-ring (bicyclic) bond motifs is 1. The van der Waals surface area contributed by atoms with Crippen LogP contribution in [0.4, 0.5) is 5.95 Å². The van der Waals surface area contributed by atoms with E-state index in [0.29, 0.717) is 27.6 Å². The average Bonchev–Trinajstić information content (AvgIpc) is 3.20. The highest BCUT2D eigenvalue weighted by Gasteiger charge is 2.24. The molecule has 0 saturated heterocycles. The normalized spacial score (nSPS) is 11.0. The highest BCUT2D eigenvalue weighted by molar-refractivity contribution is 6.30. The monoisotopic (exact) mass is 437 g/mol. The fourth-order valence-corrected chi connectivity index (χ4v) is 3.33. The lowest BCUT2D eigenvalue weighted by atomic mass is 10.1. The van der Waals surface area contributed by atoms with Gasteiger partial charge in [0.2, 0.25) is 5.95 Å². The number of aromatic nitrogens is 4. The predicted molar refractivity (Wildman–Crippen MR) is 118 cm³/mol. The minimum atomic E-state index is -0.317. The Labute approximate surface area is 183 Å². The Balaban J connectivity index is 1.84. The molecule has 8 nitrogen and oxygen atoms in total. The molecule has 0 aliphatic rings. The van der Waals surface area contributed by atoms with E-state index >= 15 is 0 Å². The van der Waals surface area contributed by atoms with Crippen LogP contribution in [-0.2, 0) is 6.54 Å². The zero-order valence-corrected chi connectivity index (χ0v) is 18.0. The number of para-hydroxylation sites is 1. The molecule has 9 heteroatoms. The minimum Gasteiger partial charge on any atom is -0.496 e. The summed E-state index contributed by atoms with van der Waals surface area (Å²) >= 11 is 5.98. The lowest BCUT2D eigenvalue weighted by Crippen LogP contribution is -2.32. The van der Waals surface area contributed by atoms with Crippen molar-refractivity contribution in [3.8, 4) is 5.75 Å². The number of carbonyl (C=O) groups is 1. The van der Waals surface area contributed by atoms with E-state index < -0.39 is 0 Å². The zero-order valence-electron chi connectivity index (χ0n) is 17.2. The van der Waals surface area contributed by atoms with Crippen molar-refractivity contribution in [2.75, 3.05) is 12.0 Å². The zero-order chi connectivity index (χ0) is 22.1. The van der Waals surface area contributed by atoms with Crippen LogP contribution in [0.2, 0.25) is 5.02 Å². The number of amides is 1. The number of anilines is 1. The number of carbonyl (C=O) groups excluding carboxylic acids is 1. The Morgan fingerprint density at radius 1 is 1.13 bits per heavy atom. The summed E-state index contributed by atoms with van der Waals surface area (Å²) < 4.78 is 6.68. The number of aryl methyl sites for hydroxylation is 1. The molecule has 0 fully saturated rings. The summed E-state index contributed by atoms with van der Waals surface area (Å²) in [5.74, 6) is 0.704. The fourth-order valence-electron chi connectivity index (χ4n) is 3.21. The van der Waals surface area contributed by atoms with Gasteiger partial charge in [0.1, 0.15) is 5.75 Å². The summed E-state index contributed by atoms with van der Waals surface area (Å²) in [4.78, 5) is 36.3. The summed E-state index contributed by atoms with van der Waals surface area (Å²) in [6.45, 7) is 3.61. The SMILES string of the molecule is COc1ccccc1CN(C(=O)c1ccc(Cl)cc1)c1nc2nc(C)c(C)c(=O)n2[nH]1. The van der Waals surface area contributed by atoms with Gasteiger partial charge in [-0.2, -0.15) is 9.50 Å². The maximum absolute atomic E-state index is 13.4. The molecule has 31 heavy (non-hydrogen) atoms. The lowest BCUT2D eigenvalue weighted by Gasteiger charge is -2.21. The molecule has 2 heterocycles. The number of halogens is 1. The van der Waals surface area contributed by atoms with E-state index in [2.05, 4.69) is 15.1 Å². The van der Waals surface area contributed by atoms with Gasteiger partial charge in [-0.1, -0.05) is 29.8 Å². The van der Waals surface area contributed by atoms with Gasteiger partial charge in [-0.25, -0.2) is 4.98 Å². The third-order valence-corrected chi connectivity index (χ3v) is 5.32. The van der Waals surface area contributed by atoms with Gasteiger partial charge in [0, 0.05) is 27.4 Å². The first-order valence-corrected chi connectivity index (χ1v) is 9.92. The van der Waals surface area contributed by atoms with Crippen molar-refractivity contribution in [1.82, 2.24) is 19.6 Å². The van der Waals surface area contributed by atoms with E-state index in [1.807, 2.05) is 24.3 Å². The van der Waals surface area contributed by atoms with Crippen molar-refractivity contribution in [2.45, 2.75) is 20.4 Å². The molecule has 0 aliphatic carbocycles. The number of hydrogen-bond donors (Lipinski definition) is 1. The molecule has 0 spiro atoms. The fraction of sp³-hybridized carbons (Fsp3) is 0.182. The number of nitrogens with zero attached hydrogens (tertiary/aromatic N) is 4. The van der Waals surface area contributed by atoms with Crippen molar-refractivity contribution in [2.24, 2.45) is 0 Å². The quantitative estimate of drug-likeness (QED) is 0.515. The highest BCUT2D eigenvalue weighted by Crippen LogP contribution is 2.24. The molecular weight excluding hydrogens is 418 g/mol. The molecule has 0 aliphatic heterocycles. The topological polar surface area (TPSA) is 92.6 Å². The molecule has 0 bridgehead atoms. The summed E-state index contributed by atoms with van der Waals surface area (Å²) in [6.07, 6.45) is 0. The molecule has 2 aromatic carbocycles. The predicted octanol–water partition coefficient (Wildman–Crippen LogP) is 3.54. The van der Waals surface area contributed by atoms with Gasteiger partial charge in [-0.15, -0.1) is 0 Å². The van der Waals surface area contributed by atoms with Crippen molar-refractivity contribution < 1.29 is 9.53 Å². The average molecular weight is 438 g/mol. The van der Waals surface area contributed by atoms with Crippen LogP contribution in [0.25, 0.3) is 5.78 Å². The van der Waals surface area contributed by atoms with Gasteiger partial charge >= 0.3 is 0 Å². The number of H-pyrrole nitrogens is 1. The van der Waals surface area contributed by atoms with E-state index in [1.54, 1.807) is 45.2 Å². The van der Waals surface area contributed by atoms with Crippen LogP contribution in [0.5, 0.6) is 5.75 Å². The number of nitrogens with one attached hydrogen (secondary N) is 1. The smallest absolute Gasteiger partial charge is 0.277 e. The second kappa shape index (κ2) is 8.23. The van der Waals surface area contributed by atoms with E-state index in [9.17, 15) is 9.59 Å². The Morgan fingerprint density at radius 2 is 1.84 bits per heavy atom. The Kier molecular flexibility index (Phi) is 5.48. The lowest BCUT2D eigenvalue weighted by molar-refractivity contribution is 0.0983. The molecule has 2 aromatic heterocycles. The van der Waals surface area contributed by atoms with Crippen molar-refractivity contribution >= 4 is 29.2 Å². The molecular formula is C22H20ClN5O3. The van der Waals surface area contributed by atoms with Gasteiger partial charge in [0.15, 0.2) is 0 Å². The van der Waals surface area contributed by atoms with E-state index in [4.69, 9.17) is 16.3 Å². The molecule has 0 saturated carbocycles. The third-order valence-electron chi connectivity index (χ3n) is 5.06. The molecule has 1 N–H and O–H groups in total. The van der Waals surface area contributed by atoms with Gasteiger partial charge in [-0.3, -0.25) is 19.6 Å². The maximum atomic E-state index is 13.4. The summed E-state index contributed by atoms with van der Waals surface area (Å²) in [7, 11) is 1.57. The first-order chi connectivity index (χ1) is 14.9. The van der Waals surface area contributed by atoms with E-state index in [1.165, 1.54) is 9.42 Å². The number of aromatic amines is 1. The maximum Gasteiger partial charge on any atom is 0.277 e. The number of hydrogen-bond acceptors (Lipinski definition) is 5. The molecule has 1 amide bonds. The first kappa shape index (κ1) is 20.6. The molecule has 0 atom stereocenters. The van der Waals surface area contributed by atoms with Gasteiger partial charge < -0.3 is 4.74 Å². The number of methoxy groups -OCH3 is 1. The van der Waals surface area contributed by atoms with Crippen LogP contribution in [-0.4, -0.2) is 32.6 Å². The molecule has 0 unspecified atom stereocenters. The van der Waals surface area contributed by atoms with Crippen molar-refractivity contribution in [3.05, 3.63) is 86.3 Å². The number of rotatable bonds is 5. The number of benzene rings is 2. The van der Waals surface area contributed by atoms with Crippen molar-refractivity contribution in [1.29, 1.82) is 0 Å². The molecule has 158 valence electrons. The Bertz CT molecular complexity index is 1330. The van der Waals surface area contributed by atoms with Gasteiger partial charge in [-0.05, 0) is 44.2 Å². The Hall–Kier alpha value is -3.65. The van der Waals surface area contributed by atoms with Gasteiger partial charge in [0.05, 0.1) is 13.7 Å². The van der Waals surface area contributed by atoms with E-state index in [-0.39, 0.29) is 29.7 Å². The Morgan fingerprint density at radius 3 is 2.55 bits per heavy atom. The first-order valence-electron chi connectivity index (χ1n) is 9.54. The largest absolute Gasteiger partial charge is 0.496 e. The second-order valence-electron chi connectivity index (χ2n) is 7.02. The van der Waals surface area contributed by atoms with Gasteiger partial charge in [0.25, 0.3) is 17.2 Å². The summed E-state index contributed by atoms with van der Waals surface area (Å²) in [5.41, 5.74) is 2.03. The standard InChI is InChI=1S/C22H20ClN5O3/c1-13-14(2)24-21-25-22(26-28(21)19(13)29)27(12-16-6-4-5-7-18(16)31-3)20(30)15-8-10-17(23)11-9-15/h4-11H,12H2,1-3H3,(H,24,25,26). The van der Waals surface area contributed by atoms with Crippen LogP contribution in [0.1, 0.15) is 27.2 Å². The summed E-state index contributed by atoms with van der Waals surface area (Å²) in [5, 5.41) is 3.45. The summed E-state index contributed by atoms with van der Waals surface area (Å²) in [6, 6.07) is 14.0. The third kappa shape index (κ3) is 3.89. The van der Waals surface area contributed by atoms with Crippen LogP contribution < -0.4 is 15.2 Å². The highest BCUT2D eigenvalue weighted by atomic mass is 35.5. The van der Waals surface area contributed by atoms with Crippen LogP contribution >= 0.6 is 11.6 Å². The van der Waals surface area contributed by atoms with Crippen molar-refractivity contribution in [3.63, 3.8) is 0 Å². The number of ether oxygens (including phenoxy) is 1. The van der Waals surface area contributed by atoms with Crippen LogP contribution in [0, 0.1) is 13.8 Å².